The minimum atomic E-state index is 0.314. The van der Waals surface area contributed by atoms with Crippen molar-refractivity contribution in [2.45, 2.75) is 272 Å². The number of aliphatic hydroxyl groups excluding tert-OH is 1. The minimum absolute atomic E-state index is 0.314. The molecule has 0 aliphatic heterocycles. The van der Waals surface area contributed by atoms with Gasteiger partial charge in [-0.15, -0.1) is 0 Å². The van der Waals surface area contributed by atoms with Crippen LogP contribution in [-0.4, -0.2) is 42.0 Å². The lowest BCUT2D eigenvalue weighted by Crippen LogP contribution is -2.27. The van der Waals surface area contributed by atoms with E-state index in [0.717, 1.165) is 51.0 Å². The molecule has 0 aliphatic rings. The first-order valence-corrected chi connectivity index (χ1v) is 25.1. The van der Waals surface area contributed by atoms with Gasteiger partial charge in [0.05, 0.1) is 0 Å². The smallest absolute Gasteiger partial charge is 0.135 e. The van der Waals surface area contributed by atoms with Gasteiger partial charge < -0.3 is 10.0 Å². The molecule has 0 saturated heterocycles. The number of hydrogen-bond donors (Lipinski definition) is 1. The fourth-order valence-corrected chi connectivity index (χ4v) is 8.57. The summed E-state index contributed by atoms with van der Waals surface area (Å²) in [6.07, 6.45) is 48.8. The standard InChI is InChI=1S/C51H101NO2/c1-6-10-14-18-23-31-40-49(39-29-16-12-8-3)48(5)38-28-22-20-26-34-44-52(46-36-37-47-53)45-35-27-21-25-33-43-51(54)50(41-30-17-13-9-4)42-32-24-19-15-11-7-2/h49-50,53H,5-47H2,1-4H3. The predicted octanol–water partition coefficient (Wildman–Crippen LogP) is 16.5. The molecule has 0 spiro atoms. The Morgan fingerprint density at radius 1 is 0.407 bits per heavy atom. The van der Waals surface area contributed by atoms with Crippen molar-refractivity contribution in [2.24, 2.45) is 11.8 Å². The topological polar surface area (TPSA) is 40.5 Å². The maximum absolute atomic E-state index is 13.2. The molecule has 2 atom stereocenters. The molecule has 322 valence electrons. The molecule has 0 saturated carbocycles. The maximum atomic E-state index is 13.2. The van der Waals surface area contributed by atoms with Crippen LogP contribution in [0.4, 0.5) is 0 Å². The number of carbonyl (C=O) groups is 1. The maximum Gasteiger partial charge on any atom is 0.135 e. The highest BCUT2D eigenvalue weighted by Gasteiger charge is 2.17. The summed E-state index contributed by atoms with van der Waals surface area (Å²) in [5.41, 5.74) is 1.56. The summed E-state index contributed by atoms with van der Waals surface area (Å²) < 4.78 is 0. The van der Waals surface area contributed by atoms with Crippen LogP contribution in [0.25, 0.3) is 0 Å². The third-order valence-corrected chi connectivity index (χ3v) is 12.4. The van der Waals surface area contributed by atoms with E-state index in [2.05, 4.69) is 39.2 Å². The van der Waals surface area contributed by atoms with Crippen LogP contribution in [0.5, 0.6) is 0 Å². The van der Waals surface area contributed by atoms with E-state index in [4.69, 9.17) is 0 Å². The monoisotopic (exact) mass is 760 g/mol. The summed E-state index contributed by atoms with van der Waals surface area (Å²) in [5, 5.41) is 9.36. The van der Waals surface area contributed by atoms with Crippen molar-refractivity contribution >= 4 is 5.78 Å². The second kappa shape index (κ2) is 43.5. The molecule has 54 heavy (non-hydrogen) atoms. The molecule has 0 radical (unpaired) electrons. The Hall–Kier alpha value is -0.670. The number of Topliss-reactive ketones (excluding diaryl/α,β-unsaturated/α-hetero) is 1. The number of nitrogens with zero attached hydrogens (tertiary/aromatic N) is 1. The van der Waals surface area contributed by atoms with Gasteiger partial charge in [0.1, 0.15) is 5.78 Å². The van der Waals surface area contributed by atoms with Crippen LogP contribution in [0, 0.1) is 11.8 Å². The van der Waals surface area contributed by atoms with Gasteiger partial charge in [0.15, 0.2) is 0 Å². The van der Waals surface area contributed by atoms with Gasteiger partial charge in [-0.3, -0.25) is 4.79 Å². The van der Waals surface area contributed by atoms with E-state index in [1.165, 1.54) is 219 Å². The van der Waals surface area contributed by atoms with Crippen molar-refractivity contribution in [3.8, 4) is 0 Å². The first-order valence-electron chi connectivity index (χ1n) is 25.1. The van der Waals surface area contributed by atoms with Gasteiger partial charge in [0.25, 0.3) is 0 Å². The summed E-state index contributed by atoms with van der Waals surface area (Å²) in [4.78, 5) is 15.9. The Morgan fingerprint density at radius 3 is 1.15 bits per heavy atom. The van der Waals surface area contributed by atoms with Crippen molar-refractivity contribution in [1.82, 2.24) is 4.90 Å². The van der Waals surface area contributed by atoms with Crippen molar-refractivity contribution in [2.75, 3.05) is 26.2 Å². The zero-order valence-electron chi connectivity index (χ0n) is 37.9. The molecule has 0 rings (SSSR count). The zero-order valence-corrected chi connectivity index (χ0v) is 37.9. The lowest BCUT2D eigenvalue weighted by atomic mass is 9.86. The number of carbonyl (C=O) groups excluding carboxylic acids is 1. The lowest BCUT2D eigenvalue weighted by Gasteiger charge is -2.22. The Labute approximate surface area is 341 Å². The van der Waals surface area contributed by atoms with Crippen LogP contribution in [0.2, 0.25) is 0 Å². The Balaban J connectivity index is 4.36. The van der Waals surface area contributed by atoms with Crippen LogP contribution in [-0.2, 0) is 4.79 Å². The SMILES string of the molecule is C=C(CCCCCCCN(CCCCO)CCCCCCCC(=O)C(CCCCCC)CCCCCCCC)C(CCCCCC)CCCCCCCC. The Bertz CT molecular complexity index is 707. The highest BCUT2D eigenvalue weighted by molar-refractivity contribution is 5.80. The minimum Gasteiger partial charge on any atom is -0.396 e. The summed E-state index contributed by atoms with van der Waals surface area (Å²) in [7, 11) is 0. The van der Waals surface area contributed by atoms with Crippen molar-refractivity contribution in [1.29, 1.82) is 0 Å². The average Bonchev–Trinajstić information content (AvgIpc) is 3.17. The predicted molar refractivity (Wildman–Crippen MR) is 243 cm³/mol. The van der Waals surface area contributed by atoms with Gasteiger partial charge in [0.2, 0.25) is 0 Å². The van der Waals surface area contributed by atoms with E-state index < -0.39 is 0 Å². The molecule has 0 aromatic rings. The molecule has 3 nitrogen and oxygen atoms in total. The fourth-order valence-electron chi connectivity index (χ4n) is 8.57. The quantitative estimate of drug-likeness (QED) is 0.0496. The number of unbranched alkanes of at least 4 members (excludes halogenated alkanes) is 25. The third kappa shape index (κ3) is 35.7. The molecule has 0 aromatic carbocycles. The van der Waals surface area contributed by atoms with E-state index >= 15 is 0 Å². The number of ketones is 1. The van der Waals surface area contributed by atoms with E-state index in [0.29, 0.717) is 18.3 Å². The molecule has 0 aliphatic carbocycles. The normalized spacial score (nSPS) is 12.9. The molecule has 0 aromatic heterocycles. The molecule has 0 amide bonds. The number of hydrogen-bond acceptors (Lipinski definition) is 3. The van der Waals surface area contributed by atoms with Gasteiger partial charge in [0, 0.05) is 18.9 Å². The third-order valence-electron chi connectivity index (χ3n) is 12.4. The van der Waals surface area contributed by atoms with Crippen LogP contribution in [0.1, 0.15) is 272 Å². The average molecular weight is 760 g/mol. The summed E-state index contributed by atoms with van der Waals surface area (Å²) >= 11 is 0. The van der Waals surface area contributed by atoms with E-state index in [9.17, 15) is 9.90 Å². The molecule has 0 heterocycles. The molecular weight excluding hydrogens is 659 g/mol. The van der Waals surface area contributed by atoms with Gasteiger partial charge in [-0.05, 0) is 96.2 Å². The van der Waals surface area contributed by atoms with E-state index in [1.54, 1.807) is 5.57 Å². The Morgan fingerprint density at radius 2 is 0.722 bits per heavy atom. The van der Waals surface area contributed by atoms with Gasteiger partial charge >= 0.3 is 0 Å². The molecule has 0 fully saturated rings. The van der Waals surface area contributed by atoms with E-state index in [1.807, 2.05) is 0 Å². The first kappa shape index (κ1) is 53.3. The second-order valence-corrected chi connectivity index (χ2v) is 17.6. The largest absolute Gasteiger partial charge is 0.396 e. The highest BCUT2D eigenvalue weighted by atomic mass is 16.3. The van der Waals surface area contributed by atoms with Crippen LogP contribution >= 0.6 is 0 Å². The van der Waals surface area contributed by atoms with Crippen LogP contribution < -0.4 is 0 Å². The van der Waals surface area contributed by atoms with Crippen molar-refractivity contribution < 1.29 is 9.90 Å². The highest BCUT2D eigenvalue weighted by Crippen LogP contribution is 2.28. The summed E-state index contributed by atoms with van der Waals surface area (Å²) in [5.74, 6) is 1.67. The van der Waals surface area contributed by atoms with Gasteiger partial charge in [-0.1, -0.05) is 207 Å². The van der Waals surface area contributed by atoms with Crippen molar-refractivity contribution in [3.05, 3.63) is 12.2 Å². The molecule has 3 heteroatoms. The molecular formula is C51H101NO2. The molecule has 2 unspecified atom stereocenters. The van der Waals surface area contributed by atoms with E-state index in [-0.39, 0.29) is 0 Å². The van der Waals surface area contributed by atoms with Gasteiger partial charge in [-0.25, -0.2) is 0 Å². The number of aliphatic hydroxyl groups is 1. The molecule has 0 bridgehead atoms. The Kier molecular flexibility index (Phi) is 42.9. The fraction of sp³-hybridized carbons (Fsp3) is 0.941. The summed E-state index contributed by atoms with van der Waals surface area (Å²) in [6.45, 7) is 17.7. The molecule has 1 N–H and O–H groups in total. The lowest BCUT2D eigenvalue weighted by molar-refractivity contribution is -0.123. The van der Waals surface area contributed by atoms with Crippen LogP contribution in [0.3, 0.4) is 0 Å². The van der Waals surface area contributed by atoms with Crippen molar-refractivity contribution in [3.63, 3.8) is 0 Å². The second-order valence-electron chi connectivity index (χ2n) is 17.6. The van der Waals surface area contributed by atoms with Gasteiger partial charge in [-0.2, -0.15) is 0 Å². The van der Waals surface area contributed by atoms with Crippen LogP contribution in [0.15, 0.2) is 12.2 Å². The first-order chi connectivity index (χ1) is 26.5. The summed E-state index contributed by atoms with van der Waals surface area (Å²) in [6, 6.07) is 0. The number of allylic oxidation sites excluding steroid dienone is 1. The number of rotatable bonds is 46. The zero-order chi connectivity index (χ0) is 39.6.